The second-order valence-corrected chi connectivity index (χ2v) is 9.97. The summed E-state index contributed by atoms with van der Waals surface area (Å²) in [4.78, 5) is 53.7. The smallest absolute Gasteiger partial charge is 0.316 e. The van der Waals surface area contributed by atoms with Crippen LogP contribution in [0.4, 0.5) is 11.4 Å². The Bertz CT molecular complexity index is 1270. The molecule has 7 nitrogen and oxygen atoms in total. The molecule has 0 N–H and O–H groups in total. The molecular weight excluding hydrogens is 491 g/mol. The Kier molecular flexibility index (Phi) is 6.15. The maximum atomic E-state index is 12.9. The van der Waals surface area contributed by atoms with Crippen molar-refractivity contribution in [1.29, 1.82) is 0 Å². The first-order chi connectivity index (χ1) is 16.7. The van der Waals surface area contributed by atoms with E-state index in [1.165, 1.54) is 9.80 Å². The number of carbonyl (C=O) groups is 4. The lowest BCUT2D eigenvalue weighted by molar-refractivity contribution is -0.139. The number of hydrogen-bond donors (Lipinski definition) is 0. The van der Waals surface area contributed by atoms with Gasteiger partial charge in [-0.1, -0.05) is 34.9 Å². The van der Waals surface area contributed by atoms with Gasteiger partial charge in [0, 0.05) is 18.0 Å². The van der Waals surface area contributed by atoms with Gasteiger partial charge in [0.15, 0.2) is 0 Å². The van der Waals surface area contributed by atoms with E-state index in [0.29, 0.717) is 34.3 Å². The molecule has 2 saturated heterocycles. The Labute approximate surface area is 212 Å². The van der Waals surface area contributed by atoms with Gasteiger partial charge in [0.05, 0.1) is 34.2 Å². The van der Waals surface area contributed by atoms with Crippen molar-refractivity contribution in [3.63, 3.8) is 0 Å². The molecule has 2 fully saturated rings. The van der Waals surface area contributed by atoms with Crippen molar-refractivity contribution >= 4 is 58.3 Å². The van der Waals surface area contributed by atoms with Crippen LogP contribution in [0.3, 0.4) is 0 Å². The highest BCUT2D eigenvalue weighted by atomic mass is 35.5. The lowest BCUT2D eigenvalue weighted by Crippen LogP contribution is -2.30. The van der Waals surface area contributed by atoms with Crippen LogP contribution in [0.25, 0.3) is 0 Å². The first kappa shape index (κ1) is 23.6. The second kappa shape index (κ2) is 9.13. The van der Waals surface area contributed by atoms with Gasteiger partial charge in [0.1, 0.15) is 5.75 Å². The van der Waals surface area contributed by atoms with Crippen LogP contribution in [0.1, 0.15) is 26.2 Å². The molecule has 0 unspecified atom stereocenters. The fourth-order valence-corrected chi connectivity index (χ4v) is 5.33. The van der Waals surface area contributed by atoms with Gasteiger partial charge in [-0.05, 0) is 62.2 Å². The number of benzene rings is 2. The highest BCUT2D eigenvalue weighted by molar-refractivity contribution is 6.36. The monoisotopic (exact) mass is 512 g/mol. The highest BCUT2D eigenvalue weighted by Crippen LogP contribution is 2.40. The van der Waals surface area contributed by atoms with Gasteiger partial charge < -0.3 is 9.64 Å². The molecule has 180 valence electrons. The average Bonchev–Trinajstić information content (AvgIpc) is 3.33. The quantitative estimate of drug-likeness (QED) is 0.254. The first-order valence-electron chi connectivity index (χ1n) is 11.3. The zero-order valence-corrected chi connectivity index (χ0v) is 20.4. The van der Waals surface area contributed by atoms with Crippen molar-refractivity contribution in [2.24, 2.45) is 17.8 Å². The number of allylic oxidation sites excluding steroid dienone is 2. The molecule has 2 aliphatic heterocycles. The molecule has 35 heavy (non-hydrogen) atoms. The van der Waals surface area contributed by atoms with E-state index >= 15 is 0 Å². The molecule has 0 aromatic heterocycles. The van der Waals surface area contributed by atoms with Crippen LogP contribution in [0.2, 0.25) is 10.0 Å². The van der Waals surface area contributed by atoms with Gasteiger partial charge in [-0.25, -0.2) is 0 Å². The predicted molar refractivity (Wildman–Crippen MR) is 131 cm³/mol. The molecule has 2 aromatic rings. The molecule has 3 atom stereocenters. The molecule has 2 heterocycles. The summed E-state index contributed by atoms with van der Waals surface area (Å²) in [6.45, 7) is 2.10. The molecule has 0 spiro atoms. The molecule has 3 aliphatic rings. The maximum Gasteiger partial charge on any atom is 0.316 e. The number of anilines is 2. The van der Waals surface area contributed by atoms with Gasteiger partial charge in [-0.2, -0.15) is 0 Å². The van der Waals surface area contributed by atoms with Gasteiger partial charge in [0.25, 0.3) is 0 Å². The molecule has 0 saturated carbocycles. The van der Waals surface area contributed by atoms with E-state index in [1.54, 1.807) is 42.5 Å². The minimum Gasteiger partial charge on any atom is -0.426 e. The van der Waals surface area contributed by atoms with Crippen LogP contribution < -0.4 is 14.5 Å². The van der Waals surface area contributed by atoms with E-state index in [1.807, 2.05) is 13.0 Å². The number of ether oxygens (including phenoxy) is 1. The Morgan fingerprint density at radius 3 is 2.43 bits per heavy atom. The zero-order valence-electron chi connectivity index (χ0n) is 18.9. The van der Waals surface area contributed by atoms with Crippen molar-refractivity contribution < 1.29 is 23.9 Å². The molecule has 5 rings (SSSR count). The molecule has 3 amide bonds. The molecular formula is C26H22Cl2N2O5. The molecule has 9 heteroatoms. The highest BCUT2D eigenvalue weighted by Gasteiger charge is 2.48. The summed E-state index contributed by atoms with van der Waals surface area (Å²) in [5.74, 6) is -2.23. The molecule has 1 aliphatic carbocycles. The number of fused-ring (bicyclic) bond motifs is 1. The Morgan fingerprint density at radius 1 is 0.971 bits per heavy atom. The SMILES string of the molecule is CC1=CC[C@@H]2C(=O)N(c3ccc(OC(=O)[C@@H]4CC(=O)N(c5cc(Cl)ccc5Cl)C4)cc3)C(=O)[C@@H]2C1. The molecule has 0 bridgehead atoms. The zero-order chi connectivity index (χ0) is 24.9. The van der Waals surface area contributed by atoms with Gasteiger partial charge in [-0.15, -0.1) is 0 Å². The standard InChI is InChI=1S/C26H22Cl2N2O5/c1-14-2-8-19-20(10-14)25(33)30(24(19)32)17-4-6-18(7-5-17)35-26(34)15-11-23(31)29(13-15)22-12-16(27)3-9-21(22)28/h2-7,9,12,15,19-20H,8,10-11,13H2,1H3/t15-,19+,20-/m1/s1. The number of esters is 1. The summed E-state index contributed by atoms with van der Waals surface area (Å²) in [5, 5.41) is 0.799. The fourth-order valence-electron chi connectivity index (χ4n) is 4.95. The van der Waals surface area contributed by atoms with Gasteiger partial charge >= 0.3 is 5.97 Å². The van der Waals surface area contributed by atoms with Crippen LogP contribution in [0, 0.1) is 17.8 Å². The topological polar surface area (TPSA) is 84.0 Å². The summed E-state index contributed by atoms with van der Waals surface area (Å²) in [5.41, 5.74) is 2.03. The van der Waals surface area contributed by atoms with E-state index in [9.17, 15) is 19.2 Å². The molecule has 0 radical (unpaired) electrons. The van der Waals surface area contributed by atoms with Crippen LogP contribution in [-0.4, -0.2) is 30.2 Å². The number of carbonyl (C=O) groups excluding carboxylic acids is 4. The Balaban J connectivity index is 1.25. The van der Waals surface area contributed by atoms with Crippen molar-refractivity contribution in [2.75, 3.05) is 16.3 Å². The second-order valence-electron chi connectivity index (χ2n) is 9.13. The van der Waals surface area contributed by atoms with E-state index in [4.69, 9.17) is 27.9 Å². The summed E-state index contributed by atoms with van der Waals surface area (Å²) in [6.07, 6.45) is 3.18. The fraction of sp³-hybridized carbons (Fsp3) is 0.308. The van der Waals surface area contributed by atoms with Crippen molar-refractivity contribution in [1.82, 2.24) is 0 Å². The third-order valence-electron chi connectivity index (χ3n) is 6.79. The minimum absolute atomic E-state index is 0.00717. The van der Waals surface area contributed by atoms with E-state index in [0.717, 1.165) is 5.57 Å². The minimum atomic E-state index is -0.669. The maximum absolute atomic E-state index is 12.9. The lowest BCUT2D eigenvalue weighted by atomic mass is 9.82. The number of halogens is 2. The van der Waals surface area contributed by atoms with Crippen LogP contribution in [0.5, 0.6) is 5.75 Å². The third-order valence-corrected chi connectivity index (χ3v) is 7.35. The summed E-state index contributed by atoms with van der Waals surface area (Å²) < 4.78 is 5.49. The number of hydrogen-bond acceptors (Lipinski definition) is 5. The number of imide groups is 1. The number of amides is 3. The van der Waals surface area contributed by atoms with E-state index < -0.39 is 11.9 Å². The Morgan fingerprint density at radius 2 is 1.69 bits per heavy atom. The summed E-state index contributed by atoms with van der Waals surface area (Å²) in [6, 6.07) is 11.1. The normalized spacial score (nSPS) is 24.0. The van der Waals surface area contributed by atoms with Crippen LogP contribution >= 0.6 is 23.2 Å². The first-order valence-corrected chi connectivity index (χ1v) is 12.1. The molecule has 2 aromatic carbocycles. The number of rotatable bonds is 4. The largest absolute Gasteiger partial charge is 0.426 e. The van der Waals surface area contributed by atoms with Crippen LogP contribution in [-0.2, 0) is 19.2 Å². The van der Waals surface area contributed by atoms with Crippen molar-refractivity contribution in [3.05, 3.63) is 64.2 Å². The van der Waals surface area contributed by atoms with Crippen LogP contribution in [0.15, 0.2) is 54.1 Å². The predicted octanol–water partition coefficient (Wildman–Crippen LogP) is 4.80. The van der Waals surface area contributed by atoms with E-state index in [2.05, 4.69) is 0 Å². The van der Waals surface area contributed by atoms with Crippen molar-refractivity contribution in [3.8, 4) is 5.75 Å². The summed E-state index contributed by atoms with van der Waals surface area (Å²) >= 11 is 12.2. The van der Waals surface area contributed by atoms with E-state index in [-0.39, 0.29) is 48.3 Å². The Hall–Kier alpha value is -3.16. The third kappa shape index (κ3) is 4.34. The number of nitrogens with zero attached hydrogens (tertiary/aromatic N) is 2. The van der Waals surface area contributed by atoms with Crippen molar-refractivity contribution in [2.45, 2.75) is 26.2 Å². The van der Waals surface area contributed by atoms with Gasteiger partial charge in [-0.3, -0.25) is 24.1 Å². The average molecular weight is 513 g/mol. The van der Waals surface area contributed by atoms with Gasteiger partial charge in [0.2, 0.25) is 17.7 Å². The lowest BCUT2D eigenvalue weighted by Gasteiger charge is -2.18. The summed E-state index contributed by atoms with van der Waals surface area (Å²) in [7, 11) is 0.